The first-order chi connectivity index (χ1) is 32.8. The highest BCUT2D eigenvalue weighted by molar-refractivity contribution is 5.91. The Bertz CT molecular complexity index is 2700. The van der Waals surface area contributed by atoms with E-state index in [1.807, 2.05) is 27.7 Å². The molecule has 4 aromatic rings. The number of fused-ring (bicyclic) bond motifs is 6. The van der Waals surface area contributed by atoms with Gasteiger partial charge in [-0.15, -0.1) is 0 Å². The molecule has 0 saturated heterocycles. The molecule has 0 amide bonds. The van der Waals surface area contributed by atoms with Gasteiger partial charge in [-0.2, -0.15) is 0 Å². The third kappa shape index (κ3) is 10.8. The summed E-state index contributed by atoms with van der Waals surface area (Å²) in [6, 6.07) is 6.90. The van der Waals surface area contributed by atoms with Crippen molar-refractivity contribution in [3.63, 3.8) is 0 Å². The Morgan fingerprint density at radius 2 is 1.49 bits per heavy atom. The van der Waals surface area contributed by atoms with Crippen LogP contribution in [0.15, 0.2) is 29.1 Å². The van der Waals surface area contributed by atoms with Crippen molar-refractivity contribution in [2.45, 2.75) is 197 Å². The van der Waals surface area contributed by atoms with Gasteiger partial charge in [-0.05, 0) is 130 Å². The molecule has 0 unspecified atom stereocenters. The molecule has 3 aliphatic rings. The first kappa shape index (κ1) is 51.3. The molecule has 0 spiro atoms. The average molecular weight is 947 g/mol. The summed E-state index contributed by atoms with van der Waals surface area (Å²) >= 11 is 0. The zero-order valence-electron chi connectivity index (χ0n) is 43.0. The summed E-state index contributed by atoms with van der Waals surface area (Å²) in [4.78, 5) is 70.8. The number of aryl methyl sites for hydroxylation is 1. The minimum Gasteiger partial charge on any atom is -0.487 e. The SMILES string of the molecule is CCc1c2c(nc3ccc(OC(=O)CCC(=O)Oc4c(C)c(C)c5c(c4C)CC[C@@](C)(CCC[C@H](C)CCC[C@H](C)CCCC(C)C)O5)cc13)-c1cc3c(c(=O)n1C2)COC(=O)[C@@]3(CC)OC(C)=O. The summed E-state index contributed by atoms with van der Waals surface area (Å²) < 4.78 is 31.2. The Balaban J connectivity index is 0.955. The average Bonchev–Trinajstić information content (AvgIpc) is 3.67. The van der Waals surface area contributed by atoms with Gasteiger partial charge >= 0.3 is 23.9 Å². The monoisotopic (exact) mass is 947 g/mol. The van der Waals surface area contributed by atoms with Gasteiger partial charge in [-0.25, -0.2) is 9.78 Å². The molecule has 12 heteroatoms. The summed E-state index contributed by atoms with van der Waals surface area (Å²) in [5.74, 6) is 1.59. The molecule has 5 heterocycles. The molecule has 2 aromatic carbocycles. The fourth-order valence-corrected chi connectivity index (χ4v) is 11.0. The number of cyclic esters (lactones) is 1. The number of hydrogen-bond donors (Lipinski definition) is 0. The smallest absolute Gasteiger partial charge is 0.355 e. The first-order valence-electron chi connectivity index (χ1n) is 25.6. The van der Waals surface area contributed by atoms with Crippen LogP contribution in [0.5, 0.6) is 17.2 Å². The van der Waals surface area contributed by atoms with E-state index in [0.717, 1.165) is 82.0 Å². The van der Waals surface area contributed by atoms with Crippen LogP contribution < -0.4 is 19.8 Å². The lowest BCUT2D eigenvalue weighted by molar-refractivity contribution is -0.188. The van der Waals surface area contributed by atoms with Crippen molar-refractivity contribution in [1.29, 1.82) is 0 Å². The molecule has 7 rings (SSSR count). The second-order valence-corrected chi connectivity index (χ2v) is 21.0. The number of nitrogens with zero attached hydrogens (tertiary/aromatic N) is 2. The zero-order chi connectivity index (χ0) is 49.9. The van der Waals surface area contributed by atoms with Gasteiger partial charge in [0.05, 0.1) is 41.9 Å². The summed E-state index contributed by atoms with van der Waals surface area (Å²) in [6.45, 7) is 22.6. The molecule has 0 fully saturated rings. The van der Waals surface area contributed by atoms with E-state index in [-0.39, 0.29) is 49.1 Å². The van der Waals surface area contributed by atoms with E-state index in [2.05, 4.69) is 34.6 Å². The van der Waals surface area contributed by atoms with E-state index in [0.29, 0.717) is 46.3 Å². The summed E-state index contributed by atoms with van der Waals surface area (Å²) in [7, 11) is 0. The Hall–Kier alpha value is -5.52. The van der Waals surface area contributed by atoms with Gasteiger partial charge in [0, 0.05) is 29.0 Å². The minimum atomic E-state index is -1.74. The lowest BCUT2D eigenvalue weighted by atomic mass is 9.83. The van der Waals surface area contributed by atoms with Crippen molar-refractivity contribution in [3.8, 4) is 28.6 Å². The highest BCUT2D eigenvalue weighted by Gasteiger charge is 2.50. The van der Waals surface area contributed by atoms with E-state index in [9.17, 15) is 24.0 Å². The first-order valence-corrected chi connectivity index (χ1v) is 25.6. The fourth-order valence-electron chi connectivity index (χ4n) is 11.0. The van der Waals surface area contributed by atoms with Crippen LogP contribution in [0.2, 0.25) is 0 Å². The Morgan fingerprint density at radius 3 is 2.14 bits per heavy atom. The van der Waals surface area contributed by atoms with E-state index in [1.165, 1.54) is 51.9 Å². The van der Waals surface area contributed by atoms with Gasteiger partial charge in [-0.1, -0.05) is 86.5 Å². The van der Waals surface area contributed by atoms with Crippen molar-refractivity contribution in [3.05, 3.63) is 79.1 Å². The molecule has 12 nitrogen and oxygen atoms in total. The number of carbonyl (C=O) groups is 4. The van der Waals surface area contributed by atoms with Gasteiger partial charge in [0.25, 0.3) is 5.56 Å². The largest absolute Gasteiger partial charge is 0.487 e. The molecule has 0 aliphatic carbocycles. The van der Waals surface area contributed by atoms with Crippen molar-refractivity contribution in [2.75, 3.05) is 0 Å². The van der Waals surface area contributed by atoms with E-state index in [4.69, 9.17) is 28.7 Å². The second kappa shape index (κ2) is 21.2. The summed E-state index contributed by atoms with van der Waals surface area (Å²) in [5, 5.41) is 0.763. The van der Waals surface area contributed by atoms with Crippen LogP contribution in [-0.2, 0) is 60.2 Å². The topological polar surface area (TPSA) is 149 Å². The molecule has 0 saturated carbocycles. The standard InChI is InChI=1S/C57H74N2O10/c1-12-41-43-29-40(22-23-47(43)58-51-44(41)31-59-48(51)30-46-45(54(59)63)32-65-55(64)57(46,13-2)68-39(10)60)66-49(61)24-25-50(62)67-52-36(7)37(8)53-42(38(52)9)26-28-56(11,69-53)27-16-21-35(6)20-15-19-34(5)18-14-17-33(3)4/h22-23,29-30,33-35H,12-21,24-28,31-32H2,1-11H3/t34-,35-,56-,57+/m1/s1. The molecule has 4 atom stereocenters. The van der Waals surface area contributed by atoms with Crippen molar-refractivity contribution in [2.24, 2.45) is 17.8 Å². The third-order valence-electron chi connectivity index (χ3n) is 15.2. The number of esters is 4. The Labute approximate surface area is 408 Å². The third-order valence-corrected chi connectivity index (χ3v) is 15.2. The van der Waals surface area contributed by atoms with Crippen molar-refractivity contribution < 1.29 is 42.9 Å². The molecule has 69 heavy (non-hydrogen) atoms. The van der Waals surface area contributed by atoms with Gasteiger partial charge in [0.1, 0.15) is 29.5 Å². The predicted octanol–water partition coefficient (Wildman–Crippen LogP) is 12.0. The molecule has 372 valence electrons. The number of hydrogen-bond acceptors (Lipinski definition) is 11. The van der Waals surface area contributed by atoms with Crippen LogP contribution in [0.4, 0.5) is 0 Å². The number of aromatic nitrogens is 2. The maximum Gasteiger partial charge on any atom is 0.355 e. The Morgan fingerprint density at radius 1 is 0.826 bits per heavy atom. The Kier molecular flexibility index (Phi) is 15.8. The molecule has 0 bridgehead atoms. The van der Waals surface area contributed by atoms with Crippen LogP contribution in [0, 0.1) is 38.5 Å². The number of ether oxygens (including phenoxy) is 5. The van der Waals surface area contributed by atoms with E-state index >= 15 is 0 Å². The quantitative estimate of drug-likeness (QED) is 0.0542. The molecular formula is C57H74N2O10. The van der Waals surface area contributed by atoms with Gasteiger partial charge in [-0.3, -0.25) is 19.2 Å². The summed E-state index contributed by atoms with van der Waals surface area (Å²) in [5.41, 5.74) is 5.55. The van der Waals surface area contributed by atoms with Gasteiger partial charge < -0.3 is 28.3 Å². The van der Waals surface area contributed by atoms with Gasteiger partial charge in [0.15, 0.2) is 0 Å². The maximum atomic E-state index is 14.0. The second-order valence-electron chi connectivity index (χ2n) is 21.0. The maximum absolute atomic E-state index is 14.0. The van der Waals surface area contributed by atoms with Crippen molar-refractivity contribution in [1.82, 2.24) is 9.55 Å². The predicted molar refractivity (Wildman–Crippen MR) is 267 cm³/mol. The van der Waals surface area contributed by atoms with E-state index < -0.39 is 29.5 Å². The number of rotatable bonds is 20. The van der Waals surface area contributed by atoms with Crippen molar-refractivity contribution >= 4 is 34.8 Å². The highest BCUT2D eigenvalue weighted by atomic mass is 16.6. The number of carbonyl (C=O) groups excluding carboxylic acids is 4. The summed E-state index contributed by atoms with van der Waals surface area (Å²) in [6.07, 6.45) is 13.4. The fraction of sp³-hybridized carbons (Fsp3) is 0.579. The van der Waals surface area contributed by atoms with Crippen LogP contribution in [-0.4, -0.2) is 39.0 Å². The van der Waals surface area contributed by atoms with Gasteiger partial charge in [0.2, 0.25) is 5.60 Å². The molecule has 2 aromatic heterocycles. The van der Waals surface area contributed by atoms with Crippen LogP contribution in [0.1, 0.15) is 183 Å². The normalized spacial score (nSPS) is 18.9. The number of pyridine rings is 2. The van der Waals surface area contributed by atoms with Crippen LogP contribution in [0.3, 0.4) is 0 Å². The molecular weight excluding hydrogens is 873 g/mol. The lowest BCUT2D eigenvalue weighted by Crippen LogP contribution is -2.47. The molecule has 0 radical (unpaired) electrons. The van der Waals surface area contributed by atoms with Crippen LogP contribution >= 0.6 is 0 Å². The minimum absolute atomic E-state index is 0.0872. The van der Waals surface area contributed by atoms with E-state index in [1.54, 1.807) is 35.8 Å². The molecule has 0 N–H and O–H groups in total. The van der Waals surface area contributed by atoms with Crippen LogP contribution in [0.25, 0.3) is 22.3 Å². The highest BCUT2D eigenvalue weighted by Crippen LogP contribution is 2.46. The zero-order valence-corrected chi connectivity index (χ0v) is 43.0. The molecule has 3 aliphatic heterocycles. The lowest BCUT2D eigenvalue weighted by Gasteiger charge is -2.38. The number of benzene rings is 2.